The molecule has 0 fully saturated rings. The lowest BCUT2D eigenvalue weighted by molar-refractivity contribution is 0.0600. The fraction of sp³-hybridized carbons (Fsp3) is 0.133. The largest absolute Gasteiger partial charge is 0.493 e. The van der Waals surface area contributed by atoms with Gasteiger partial charge in [0.05, 0.1) is 25.1 Å². The van der Waals surface area contributed by atoms with Crippen LogP contribution in [0.1, 0.15) is 10.4 Å². The summed E-state index contributed by atoms with van der Waals surface area (Å²) in [4.78, 5) is 21.5. The van der Waals surface area contributed by atoms with E-state index in [4.69, 9.17) is 9.26 Å². The van der Waals surface area contributed by atoms with E-state index in [1.807, 2.05) is 0 Å². The Morgan fingerprint density at radius 1 is 1.00 bits per heavy atom. The van der Waals surface area contributed by atoms with E-state index >= 15 is 0 Å². The summed E-state index contributed by atoms with van der Waals surface area (Å²) in [6, 6.07) is 12.0. The molecule has 0 aliphatic carbocycles. The Balaban J connectivity index is 2.26. The molecule has 1 unspecified atom stereocenters. The number of hydrogen-bond acceptors (Lipinski definition) is 5. The highest BCUT2D eigenvalue weighted by molar-refractivity contribution is 7.61. The highest BCUT2D eigenvalue weighted by Crippen LogP contribution is 2.44. The maximum absolute atomic E-state index is 12.4. The van der Waals surface area contributed by atoms with Crippen LogP contribution in [-0.2, 0) is 9.30 Å². The van der Waals surface area contributed by atoms with Crippen LogP contribution in [0.2, 0.25) is 0 Å². The van der Waals surface area contributed by atoms with Gasteiger partial charge in [-0.2, -0.15) is 0 Å². The van der Waals surface area contributed by atoms with Crippen molar-refractivity contribution >= 4 is 18.9 Å². The van der Waals surface area contributed by atoms with Crippen molar-refractivity contribution in [2.75, 3.05) is 14.2 Å². The first kappa shape index (κ1) is 16.1. The second kappa shape index (κ2) is 6.64. The van der Waals surface area contributed by atoms with Crippen LogP contribution in [-0.4, -0.2) is 25.1 Å². The molecule has 0 saturated heterocycles. The minimum Gasteiger partial charge on any atom is -0.493 e. The lowest BCUT2D eigenvalue weighted by atomic mass is 10.2. The number of para-hydroxylation sites is 2. The van der Waals surface area contributed by atoms with E-state index < -0.39 is 13.6 Å². The van der Waals surface area contributed by atoms with Gasteiger partial charge < -0.3 is 18.9 Å². The second-order valence-corrected chi connectivity index (χ2v) is 6.04. The van der Waals surface area contributed by atoms with Crippen molar-refractivity contribution in [2.24, 2.45) is 0 Å². The molecule has 2 aromatic carbocycles. The number of ether oxygens (including phenoxy) is 2. The molecule has 1 N–H and O–H groups in total. The zero-order valence-corrected chi connectivity index (χ0v) is 12.9. The van der Waals surface area contributed by atoms with E-state index in [-0.39, 0.29) is 16.6 Å². The molecule has 1 atom stereocenters. The lowest BCUT2D eigenvalue weighted by Crippen LogP contribution is -2.11. The predicted molar refractivity (Wildman–Crippen MR) is 80.9 cm³/mol. The molecule has 0 radical (unpaired) electrons. The number of benzene rings is 2. The zero-order chi connectivity index (χ0) is 16.2. The zero-order valence-electron chi connectivity index (χ0n) is 12.1. The molecule has 0 amide bonds. The molecular formula is C15H15O6P. The summed E-state index contributed by atoms with van der Waals surface area (Å²) in [5, 5.41) is 0.0612. The fourth-order valence-electron chi connectivity index (χ4n) is 1.78. The molecule has 2 rings (SSSR count). The number of rotatable bonds is 5. The van der Waals surface area contributed by atoms with Crippen molar-refractivity contribution in [3.05, 3.63) is 54.1 Å². The smallest absolute Gasteiger partial charge is 0.408 e. The third-order valence-electron chi connectivity index (χ3n) is 2.91. The van der Waals surface area contributed by atoms with Gasteiger partial charge in [-0.25, -0.2) is 9.36 Å². The third kappa shape index (κ3) is 3.47. The summed E-state index contributed by atoms with van der Waals surface area (Å²) in [7, 11) is -1.40. The van der Waals surface area contributed by atoms with Crippen LogP contribution in [0.25, 0.3) is 0 Å². The Bertz CT molecular complexity index is 710. The van der Waals surface area contributed by atoms with Gasteiger partial charge in [0, 0.05) is 0 Å². The predicted octanol–water partition coefficient (Wildman–Crippen LogP) is 2.37. The van der Waals surface area contributed by atoms with Crippen LogP contribution < -0.4 is 14.6 Å². The van der Waals surface area contributed by atoms with Crippen LogP contribution in [0, 0.1) is 0 Å². The van der Waals surface area contributed by atoms with Gasteiger partial charge in [0.1, 0.15) is 0 Å². The number of esters is 1. The normalized spacial score (nSPS) is 13.0. The molecular weight excluding hydrogens is 307 g/mol. The Morgan fingerprint density at radius 2 is 1.59 bits per heavy atom. The summed E-state index contributed by atoms with van der Waals surface area (Å²) >= 11 is 0. The highest BCUT2D eigenvalue weighted by atomic mass is 31.2. The maximum atomic E-state index is 12.4. The molecule has 0 heterocycles. The van der Waals surface area contributed by atoms with Gasteiger partial charge in [-0.1, -0.05) is 12.1 Å². The van der Waals surface area contributed by atoms with E-state index in [1.165, 1.54) is 44.6 Å². The van der Waals surface area contributed by atoms with Gasteiger partial charge in [0.2, 0.25) is 0 Å². The molecule has 0 bridgehead atoms. The van der Waals surface area contributed by atoms with E-state index in [1.54, 1.807) is 18.2 Å². The molecule has 0 saturated carbocycles. The lowest BCUT2D eigenvalue weighted by Gasteiger charge is -2.15. The van der Waals surface area contributed by atoms with Crippen LogP contribution in [0.4, 0.5) is 0 Å². The van der Waals surface area contributed by atoms with Crippen molar-refractivity contribution in [3.63, 3.8) is 0 Å². The summed E-state index contributed by atoms with van der Waals surface area (Å²) in [5.41, 5.74) is 0.281. The van der Waals surface area contributed by atoms with Gasteiger partial charge in [0.25, 0.3) is 0 Å². The summed E-state index contributed by atoms with van der Waals surface area (Å²) in [5.74, 6) is -0.0131. The molecule has 0 aliphatic rings. The number of methoxy groups -OCH3 is 2. The van der Waals surface area contributed by atoms with Gasteiger partial charge in [-0.15, -0.1) is 0 Å². The summed E-state index contributed by atoms with van der Waals surface area (Å²) in [6.07, 6.45) is 0. The van der Waals surface area contributed by atoms with Crippen molar-refractivity contribution in [1.82, 2.24) is 0 Å². The number of carbonyl (C=O) groups is 1. The van der Waals surface area contributed by atoms with E-state index in [9.17, 15) is 14.3 Å². The SMILES string of the molecule is COC(=O)c1ccc(P(=O)(O)Oc2ccccc2OC)cc1. The highest BCUT2D eigenvalue weighted by Gasteiger charge is 2.26. The first-order chi connectivity index (χ1) is 10.5. The van der Waals surface area contributed by atoms with Gasteiger partial charge in [0.15, 0.2) is 11.5 Å². The minimum atomic E-state index is -4.10. The monoisotopic (exact) mass is 322 g/mol. The van der Waals surface area contributed by atoms with Gasteiger partial charge >= 0.3 is 13.6 Å². The number of carbonyl (C=O) groups excluding carboxylic acids is 1. The topological polar surface area (TPSA) is 82.1 Å². The fourth-order valence-corrected chi connectivity index (χ4v) is 2.83. The summed E-state index contributed by atoms with van der Waals surface area (Å²) < 4.78 is 27.2. The van der Waals surface area contributed by atoms with Gasteiger partial charge in [-0.05, 0) is 36.4 Å². The molecule has 7 heteroatoms. The number of hydrogen-bond donors (Lipinski definition) is 1. The van der Waals surface area contributed by atoms with Crippen molar-refractivity contribution < 1.29 is 28.3 Å². The Labute approximate surface area is 127 Å². The first-order valence-electron chi connectivity index (χ1n) is 6.32. The maximum Gasteiger partial charge on any atom is 0.408 e. The summed E-state index contributed by atoms with van der Waals surface area (Å²) in [6.45, 7) is 0. The molecule has 0 spiro atoms. The van der Waals surface area contributed by atoms with Crippen molar-refractivity contribution in [2.45, 2.75) is 0 Å². The molecule has 116 valence electrons. The first-order valence-corrected chi connectivity index (χ1v) is 7.90. The van der Waals surface area contributed by atoms with Crippen LogP contribution in [0.3, 0.4) is 0 Å². The van der Waals surface area contributed by atoms with Crippen molar-refractivity contribution in [3.8, 4) is 11.5 Å². The van der Waals surface area contributed by atoms with Crippen LogP contribution in [0.5, 0.6) is 11.5 Å². The Hall–Kier alpha value is -2.30. The molecule has 0 aromatic heterocycles. The van der Waals surface area contributed by atoms with Crippen LogP contribution >= 0.6 is 7.60 Å². The van der Waals surface area contributed by atoms with Gasteiger partial charge in [-0.3, -0.25) is 0 Å². The molecule has 6 nitrogen and oxygen atoms in total. The van der Waals surface area contributed by atoms with E-state index in [0.717, 1.165) is 0 Å². The Kier molecular flexibility index (Phi) is 4.85. The minimum absolute atomic E-state index is 0.0612. The van der Waals surface area contributed by atoms with Crippen molar-refractivity contribution in [1.29, 1.82) is 0 Å². The molecule has 22 heavy (non-hydrogen) atoms. The molecule has 0 aliphatic heterocycles. The third-order valence-corrected chi connectivity index (χ3v) is 4.30. The standard InChI is InChI=1S/C15H15O6P/c1-19-13-5-3-4-6-14(13)21-22(17,18)12-9-7-11(8-10-12)15(16)20-2/h3-10H,1-2H3,(H,17,18). The van der Waals surface area contributed by atoms with E-state index in [0.29, 0.717) is 5.75 Å². The average Bonchev–Trinajstić information content (AvgIpc) is 2.54. The Morgan fingerprint density at radius 3 is 2.14 bits per heavy atom. The second-order valence-electron chi connectivity index (χ2n) is 4.30. The quantitative estimate of drug-likeness (QED) is 0.672. The average molecular weight is 322 g/mol. The van der Waals surface area contributed by atoms with E-state index in [2.05, 4.69) is 4.74 Å². The molecule has 2 aromatic rings. The van der Waals surface area contributed by atoms with Crippen LogP contribution in [0.15, 0.2) is 48.5 Å².